The van der Waals surface area contributed by atoms with Crippen LogP contribution in [0.3, 0.4) is 0 Å². The third-order valence-corrected chi connectivity index (χ3v) is 3.40. The van der Waals surface area contributed by atoms with Gasteiger partial charge in [-0.2, -0.15) is 0 Å². The molecule has 0 aliphatic carbocycles. The first-order valence-electron chi connectivity index (χ1n) is 6.33. The Balaban J connectivity index is 1.92. The summed E-state index contributed by atoms with van der Waals surface area (Å²) in [5, 5.41) is 2.47. The normalized spacial score (nSPS) is 12.7. The Bertz CT molecular complexity index is 661. The van der Waals surface area contributed by atoms with Crippen LogP contribution in [-0.2, 0) is 6.42 Å². The lowest BCUT2D eigenvalue weighted by Gasteiger charge is -2.16. The number of fused-ring (bicyclic) bond motifs is 1. The molecule has 1 atom stereocenters. The summed E-state index contributed by atoms with van der Waals surface area (Å²) in [6.07, 6.45) is 4.25. The zero-order chi connectivity index (χ0) is 13.1. The Morgan fingerprint density at radius 2 is 1.89 bits per heavy atom. The zero-order valence-electron chi connectivity index (χ0n) is 10.5. The van der Waals surface area contributed by atoms with Crippen LogP contribution in [-0.4, -0.2) is 0 Å². The fraction of sp³-hybridized carbons (Fsp3) is 0.125. The maximum Gasteiger partial charge on any atom is 0.0935 e. The van der Waals surface area contributed by atoms with Crippen molar-refractivity contribution in [1.82, 2.24) is 5.43 Å². The van der Waals surface area contributed by atoms with E-state index >= 15 is 0 Å². The molecule has 0 radical (unpaired) electrons. The number of nitrogens with two attached hydrogens (primary N) is 1. The quantitative estimate of drug-likeness (QED) is 0.554. The molecule has 3 rings (SSSR count). The molecule has 96 valence electrons. The first-order chi connectivity index (χ1) is 9.36. The molecule has 3 N–H and O–H groups in total. The smallest absolute Gasteiger partial charge is 0.0935 e. The van der Waals surface area contributed by atoms with Gasteiger partial charge in [-0.1, -0.05) is 36.4 Å². The van der Waals surface area contributed by atoms with Gasteiger partial charge in [0, 0.05) is 0 Å². The van der Waals surface area contributed by atoms with E-state index in [0.717, 1.165) is 12.0 Å². The highest BCUT2D eigenvalue weighted by Gasteiger charge is 2.11. The molecule has 0 saturated heterocycles. The van der Waals surface area contributed by atoms with Crippen molar-refractivity contribution in [2.24, 2.45) is 5.84 Å². The minimum absolute atomic E-state index is 0.0854. The van der Waals surface area contributed by atoms with Gasteiger partial charge in [-0.3, -0.25) is 11.3 Å². The fourth-order valence-electron chi connectivity index (χ4n) is 2.34. The van der Waals surface area contributed by atoms with E-state index in [1.807, 2.05) is 18.2 Å². The average molecular weight is 252 g/mol. The van der Waals surface area contributed by atoms with Crippen LogP contribution in [0.5, 0.6) is 0 Å². The van der Waals surface area contributed by atoms with Gasteiger partial charge in [-0.15, -0.1) is 0 Å². The Kier molecular flexibility index (Phi) is 3.31. The number of hydrogen-bond donors (Lipinski definition) is 2. The Morgan fingerprint density at radius 1 is 1.05 bits per heavy atom. The van der Waals surface area contributed by atoms with E-state index in [1.165, 1.54) is 16.3 Å². The van der Waals surface area contributed by atoms with E-state index in [2.05, 4.69) is 35.8 Å². The van der Waals surface area contributed by atoms with Crippen molar-refractivity contribution in [1.29, 1.82) is 0 Å². The first kappa shape index (κ1) is 12.0. The highest BCUT2D eigenvalue weighted by atomic mass is 16.3. The predicted octanol–water partition coefficient (Wildman–Crippen LogP) is 3.18. The molecule has 0 saturated carbocycles. The lowest BCUT2D eigenvalue weighted by Crippen LogP contribution is -2.29. The lowest BCUT2D eigenvalue weighted by molar-refractivity contribution is 0.536. The van der Waals surface area contributed by atoms with Crippen molar-refractivity contribution in [3.63, 3.8) is 0 Å². The van der Waals surface area contributed by atoms with Crippen molar-refractivity contribution < 1.29 is 4.42 Å². The molecular weight excluding hydrogens is 236 g/mol. The summed E-state index contributed by atoms with van der Waals surface area (Å²) in [5.41, 5.74) is 5.20. The topological polar surface area (TPSA) is 51.2 Å². The third-order valence-electron chi connectivity index (χ3n) is 3.40. The van der Waals surface area contributed by atoms with Crippen molar-refractivity contribution in [2.75, 3.05) is 0 Å². The SMILES string of the molecule is NNC(Cc1ccoc1)c1ccc2ccccc2c1. The number of hydrogen-bond acceptors (Lipinski definition) is 3. The summed E-state index contributed by atoms with van der Waals surface area (Å²) in [6, 6.07) is 16.8. The number of furan rings is 1. The number of nitrogens with one attached hydrogen (secondary N) is 1. The highest BCUT2D eigenvalue weighted by molar-refractivity contribution is 5.83. The van der Waals surface area contributed by atoms with E-state index in [9.17, 15) is 0 Å². The van der Waals surface area contributed by atoms with Gasteiger partial charge in [0.15, 0.2) is 0 Å². The summed E-state index contributed by atoms with van der Waals surface area (Å²) in [6.45, 7) is 0. The van der Waals surface area contributed by atoms with Gasteiger partial charge in [0.2, 0.25) is 0 Å². The Hall–Kier alpha value is -2.10. The minimum Gasteiger partial charge on any atom is -0.472 e. The molecule has 3 nitrogen and oxygen atoms in total. The van der Waals surface area contributed by atoms with Crippen molar-refractivity contribution in [3.05, 3.63) is 72.2 Å². The van der Waals surface area contributed by atoms with Gasteiger partial charge in [0.05, 0.1) is 18.6 Å². The zero-order valence-corrected chi connectivity index (χ0v) is 10.5. The van der Waals surface area contributed by atoms with Gasteiger partial charge >= 0.3 is 0 Å². The second-order valence-corrected chi connectivity index (χ2v) is 4.66. The van der Waals surface area contributed by atoms with Crippen LogP contribution in [0.4, 0.5) is 0 Å². The first-order valence-corrected chi connectivity index (χ1v) is 6.33. The maximum atomic E-state index is 5.68. The standard InChI is InChI=1S/C16H16N2O/c17-18-16(9-12-7-8-19-11-12)15-6-5-13-3-1-2-4-14(13)10-15/h1-8,10-11,16,18H,9,17H2. The summed E-state index contributed by atoms with van der Waals surface area (Å²) < 4.78 is 5.10. The second-order valence-electron chi connectivity index (χ2n) is 4.66. The number of hydrazine groups is 1. The van der Waals surface area contributed by atoms with Gasteiger partial charge in [-0.05, 0) is 40.5 Å². The van der Waals surface area contributed by atoms with Gasteiger partial charge in [0.25, 0.3) is 0 Å². The largest absolute Gasteiger partial charge is 0.472 e. The van der Waals surface area contributed by atoms with Crippen LogP contribution < -0.4 is 11.3 Å². The minimum atomic E-state index is 0.0854. The average Bonchev–Trinajstić information content (AvgIpc) is 2.97. The Labute approximate surface area is 112 Å². The van der Waals surface area contributed by atoms with E-state index in [-0.39, 0.29) is 6.04 Å². The van der Waals surface area contributed by atoms with Crippen LogP contribution in [0.2, 0.25) is 0 Å². The molecule has 0 bridgehead atoms. The molecule has 0 amide bonds. The third kappa shape index (κ3) is 2.52. The monoisotopic (exact) mass is 252 g/mol. The summed E-state index contributed by atoms with van der Waals surface area (Å²) in [7, 11) is 0. The summed E-state index contributed by atoms with van der Waals surface area (Å²) in [4.78, 5) is 0. The molecule has 1 heterocycles. The van der Waals surface area contributed by atoms with Gasteiger partial charge in [-0.25, -0.2) is 0 Å². The molecule has 3 aromatic rings. The molecule has 0 aliphatic heterocycles. The molecule has 0 aliphatic rings. The molecule has 1 aromatic heterocycles. The highest BCUT2D eigenvalue weighted by Crippen LogP contribution is 2.22. The van der Waals surface area contributed by atoms with Crippen molar-refractivity contribution in [3.8, 4) is 0 Å². The molecule has 19 heavy (non-hydrogen) atoms. The number of benzene rings is 2. The summed E-state index contributed by atoms with van der Waals surface area (Å²) in [5.74, 6) is 5.68. The van der Waals surface area contributed by atoms with E-state index in [1.54, 1.807) is 12.5 Å². The maximum absolute atomic E-state index is 5.68. The van der Waals surface area contributed by atoms with E-state index < -0.39 is 0 Å². The predicted molar refractivity (Wildman–Crippen MR) is 76.4 cm³/mol. The summed E-state index contributed by atoms with van der Waals surface area (Å²) >= 11 is 0. The molecule has 1 unspecified atom stereocenters. The van der Waals surface area contributed by atoms with Crippen LogP contribution >= 0.6 is 0 Å². The second kappa shape index (κ2) is 5.26. The molecule has 3 heteroatoms. The fourth-order valence-corrected chi connectivity index (χ4v) is 2.34. The van der Waals surface area contributed by atoms with Crippen LogP contribution in [0.25, 0.3) is 10.8 Å². The lowest BCUT2D eigenvalue weighted by atomic mass is 9.98. The molecule has 0 fully saturated rings. The Morgan fingerprint density at radius 3 is 2.63 bits per heavy atom. The van der Waals surface area contributed by atoms with Crippen LogP contribution in [0.1, 0.15) is 17.2 Å². The van der Waals surface area contributed by atoms with Crippen LogP contribution in [0, 0.1) is 0 Å². The van der Waals surface area contributed by atoms with Crippen molar-refractivity contribution in [2.45, 2.75) is 12.5 Å². The van der Waals surface area contributed by atoms with Crippen molar-refractivity contribution >= 4 is 10.8 Å². The van der Waals surface area contributed by atoms with E-state index in [0.29, 0.717) is 0 Å². The van der Waals surface area contributed by atoms with Gasteiger partial charge < -0.3 is 4.42 Å². The molecule has 0 spiro atoms. The van der Waals surface area contributed by atoms with Crippen LogP contribution in [0.15, 0.2) is 65.5 Å². The van der Waals surface area contributed by atoms with E-state index in [4.69, 9.17) is 10.3 Å². The molecular formula is C16H16N2O. The van der Waals surface area contributed by atoms with Gasteiger partial charge in [0.1, 0.15) is 0 Å². The number of rotatable bonds is 4. The molecule has 2 aromatic carbocycles.